The van der Waals surface area contributed by atoms with Crippen molar-refractivity contribution in [1.82, 2.24) is 20.0 Å². The number of ether oxygens (including phenoxy) is 2. The Kier molecular flexibility index (Phi) is 6.36. The number of rotatable bonds is 6. The molecule has 152 valence electrons. The second kappa shape index (κ2) is 8.75. The predicted octanol–water partition coefficient (Wildman–Crippen LogP) is 2.28. The van der Waals surface area contributed by atoms with E-state index in [4.69, 9.17) is 9.47 Å². The summed E-state index contributed by atoms with van der Waals surface area (Å²) in [6, 6.07) is 7.81. The molecular formula is C21H30N4O3. The van der Waals surface area contributed by atoms with Crippen molar-refractivity contribution in [3.63, 3.8) is 0 Å². The van der Waals surface area contributed by atoms with Gasteiger partial charge in [0.1, 0.15) is 0 Å². The molecule has 1 fully saturated rings. The van der Waals surface area contributed by atoms with Gasteiger partial charge in [-0.3, -0.25) is 4.79 Å². The van der Waals surface area contributed by atoms with Crippen LogP contribution in [0.4, 0.5) is 0 Å². The van der Waals surface area contributed by atoms with Crippen LogP contribution in [0.15, 0.2) is 24.3 Å². The summed E-state index contributed by atoms with van der Waals surface area (Å²) >= 11 is 0. The molecule has 2 unspecified atom stereocenters. The Morgan fingerprint density at radius 1 is 1.21 bits per heavy atom. The molecule has 1 saturated heterocycles. The average Bonchev–Trinajstić information content (AvgIpc) is 2.93. The van der Waals surface area contributed by atoms with Gasteiger partial charge in [-0.05, 0) is 38.5 Å². The smallest absolute Gasteiger partial charge is 0.254 e. The van der Waals surface area contributed by atoms with Crippen molar-refractivity contribution in [3.05, 3.63) is 46.6 Å². The molecule has 0 saturated carbocycles. The van der Waals surface area contributed by atoms with Gasteiger partial charge in [0, 0.05) is 38.8 Å². The van der Waals surface area contributed by atoms with Crippen LogP contribution in [0, 0.1) is 6.92 Å². The molecule has 1 amide bonds. The van der Waals surface area contributed by atoms with E-state index in [-0.39, 0.29) is 18.1 Å². The van der Waals surface area contributed by atoms with Crippen LogP contribution in [-0.4, -0.2) is 53.0 Å². The zero-order valence-electron chi connectivity index (χ0n) is 17.4. The number of nitrogens with zero attached hydrogens (tertiary/aromatic N) is 3. The van der Waals surface area contributed by atoms with E-state index in [1.54, 1.807) is 11.8 Å². The largest absolute Gasteiger partial charge is 0.481 e. The first-order valence-electron chi connectivity index (χ1n) is 9.70. The number of nitrogens with one attached hydrogen (secondary N) is 1. The van der Waals surface area contributed by atoms with Gasteiger partial charge in [-0.25, -0.2) is 4.68 Å². The van der Waals surface area contributed by atoms with Crippen molar-refractivity contribution < 1.29 is 14.3 Å². The maximum Gasteiger partial charge on any atom is 0.254 e. The van der Waals surface area contributed by atoms with Crippen LogP contribution in [0.2, 0.25) is 0 Å². The Morgan fingerprint density at radius 2 is 1.86 bits per heavy atom. The van der Waals surface area contributed by atoms with E-state index in [0.29, 0.717) is 26.2 Å². The van der Waals surface area contributed by atoms with Gasteiger partial charge >= 0.3 is 0 Å². The van der Waals surface area contributed by atoms with Crippen LogP contribution in [-0.2, 0) is 24.9 Å². The molecule has 7 nitrogen and oxygen atoms in total. The number of hydrogen-bond acceptors (Lipinski definition) is 5. The van der Waals surface area contributed by atoms with Crippen molar-refractivity contribution in [2.24, 2.45) is 7.05 Å². The molecule has 7 heteroatoms. The van der Waals surface area contributed by atoms with Crippen molar-refractivity contribution in [1.29, 1.82) is 0 Å². The number of amides is 1. The molecule has 3 rings (SSSR count). The van der Waals surface area contributed by atoms with Crippen molar-refractivity contribution in [3.8, 4) is 5.88 Å². The maximum atomic E-state index is 12.7. The number of benzene rings is 1. The highest BCUT2D eigenvalue weighted by molar-refractivity contribution is 5.94. The summed E-state index contributed by atoms with van der Waals surface area (Å²) in [6.07, 6.45) is 0.146. The van der Waals surface area contributed by atoms with Gasteiger partial charge in [-0.2, -0.15) is 5.10 Å². The molecule has 1 N–H and O–H groups in total. The van der Waals surface area contributed by atoms with Crippen molar-refractivity contribution in [2.75, 3.05) is 20.2 Å². The summed E-state index contributed by atoms with van der Waals surface area (Å²) in [5.74, 6) is 0.845. The quantitative estimate of drug-likeness (QED) is 0.825. The highest BCUT2D eigenvalue weighted by Gasteiger charge is 2.26. The standard InChI is InChI=1S/C21H30N4O3/c1-14-12-25(13-15(2)28-14)20(26)18-8-6-17(7-9-18)10-22-11-19-16(3)23-24(4)21(19)27-5/h6-9,14-15,22H,10-13H2,1-5H3. The third-order valence-corrected chi connectivity index (χ3v) is 5.02. The third-order valence-electron chi connectivity index (χ3n) is 5.02. The second-order valence-corrected chi connectivity index (χ2v) is 7.46. The zero-order chi connectivity index (χ0) is 20.3. The third kappa shape index (κ3) is 4.54. The van der Waals surface area contributed by atoms with Gasteiger partial charge in [0.05, 0.1) is 30.6 Å². The summed E-state index contributed by atoms with van der Waals surface area (Å²) in [5, 5.41) is 7.82. The highest BCUT2D eigenvalue weighted by atomic mass is 16.5. The Labute approximate surface area is 166 Å². The molecule has 0 bridgehead atoms. The van der Waals surface area contributed by atoms with Crippen LogP contribution in [0.25, 0.3) is 0 Å². The van der Waals surface area contributed by atoms with Gasteiger partial charge in [0.2, 0.25) is 5.88 Å². The van der Waals surface area contributed by atoms with Crippen LogP contribution >= 0.6 is 0 Å². The molecule has 2 heterocycles. The van der Waals surface area contributed by atoms with Crippen molar-refractivity contribution in [2.45, 2.75) is 46.1 Å². The Balaban J connectivity index is 1.57. The maximum absolute atomic E-state index is 12.7. The minimum Gasteiger partial charge on any atom is -0.481 e. The minimum absolute atomic E-state index is 0.0669. The fourth-order valence-corrected chi connectivity index (χ4v) is 3.76. The molecular weight excluding hydrogens is 356 g/mol. The molecule has 0 spiro atoms. The van der Waals surface area contributed by atoms with E-state index in [2.05, 4.69) is 10.4 Å². The monoisotopic (exact) mass is 386 g/mol. The summed E-state index contributed by atoms with van der Waals surface area (Å²) in [5.41, 5.74) is 3.87. The topological polar surface area (TPSA) is 68.6 Å². The molecule has 2 aromatic rings. The van der Waals surface area contributed by atoms with E-state index < -0.39 is 0 Å². The fourth-order valence-electron chi connectivity index (χ4n) is 3.76. The number of carbonyl (C=O) groups excluding carboxylic acids is 1. The lowest BCUT2D eigenvalue weighted by atomic mass is 10.1. The summed E-state index contributed by atoms with van der Waals surface area (Å²) < 4.78 is 12.9. The molecule has 2 atom stereocenters. The highest BCUT2D eigenvalue weighted by Crippen LogP contribution is 2.20. The summed E-state index contributed by atoms with van der Waals surface area (Å²) in [7, 11) is 3.53. The van der Waals surface area contributed by atoms with E-state index in [1.165, 1.54) is 0 Å². The van der Waals surface area contributed by atoms with E-state index in [0.717, 1.165) is 28.3 Å². The summed E-state index contributed by atoms with van der Waals surface area (Å²) in [6.45, 7) is 8.64. The fraction of sp³-hybridized carbons (Fsp3) is 0.524. The van der Waals surface area contributed by atoms with E-state index in [9.17, 15) is 4.79 Å². The van der Waals surface area contributed by atoms with Gasteiger partial charge in [0.15, 0.2) is 0 Å². The number of carbonyl (C=O) groups is 1. The predicted molar refractivity (Wildman–Crippen MR) is 107 cm³/mol. The number of methoxy groups -OCH3 is 1. The molecule has 1 aliphatic heterocycles. The van der Waals surface area contributed by atoms with Crippen LogP contribution in [0.3, 0.4) is 0 Å². The lowest BCUT2D eigenvalue weighted by Crippen LogP contribution is -2.48. The SMILES string of the molecule is COc1c(CNCc2ccc(C(=O)N3CC(C)OC(C)C3)cc2)c(C)nn1C. The number of hydrogen-bond donors (Lipinski definition) is 1. The van der Waals surface area contributed by atoms with E-state index >= 15 is 0 Å². The molecule has 28 heavy (non-hydrogen) atoms. The molecule has 0 radical (unpaired) electrons. The van der Waals surface area contributed by atoms with Crippen LogP contribution in [0.1, 0.15) is 41.0 Å². The first-order chi connectivity index (χ1) is 13.4. The molecule has 0 aliphatic carbocycles. The van der Waals surface area contributed by atoms with E-state index in [1.807, 2.05) is 57.0 Å². The lowest BCUT2D eigenvalue weighted by Gasteiger charge is -2.35. The Hall–Kier alpha value is -2.38. The number of morpholine rings is 1. The minimum atomic E-state index is 0.0669. The average molecular weight is 386 g/mol. The van der Waals surface area contributed by atoms with Crippen LogP contribution < -0.4 is 10.1 Å². The van der Waals surface area contributed by atoms with Crippen molar-refractivity contribution >= 4 is 5.91 Å². The lowest BCUT2D eigenvalue weighted by molar-refractivity contribution is -0.0586. The Bertz CT molecular complexity index is 806. The number of aryl methyl sites for hydroxylation is 2. The normalized spacial score (nSPS) is 19.7. The van der Waals surface area contributed by atoms with Gasteiger partial charge in [-0.15, -0.1) is 0 Å². The van der Waals surface area contributed by atoms with Gasteiger partial charge in [-0.1, -0.05) is 12.1 Å². The molecule has 1 aromatic heterocycles. The zero-order valence-corrected chi connectivity index (χ0v) is 17.4. The number of aromatic nitrogens is 2. The Morgan fingerprint density at radius 3 is 2.46 bits per heavy atom. The first-order valence-corrected chi connectivity index (χ1v) is 9.70. The molecule has 1 aliphatic rings. The van der Waals surface area contributed by atoms with Crippen LogP contribution in [0.5, 0.6) is 5.88 Å². The first kappa shape index (κ1) is 20.4. The van der Waals surface area contributed by atoms with Gasteiger partial charge < -0.3 is 19.7 Å². The second-order valence-electron chi connectivity index (χ2n) is 7.46. The summed E-state index contributed by atoms with van der Waals surface area (Å²) in [4.78, 5) is 14.6. The van der Waals surface area contributed by atoms with Gasteiger partial charge in [0.25, 0.3) is 5.91 Å². The molecule has 1 aromatic carbocycles.